The van der Waals surface area contributed by atoms with E-state index in [9.17, 15) is 4.79 Å². The van der Waals surface area contributed by atoms with Crippen molar-refractivity contribution in [3.8, 4) is 22.6 Å². The van der Waals surface area contributed by atoms with Crippen LogP contribution in [-0.4, -0.2) is 46.9 Å². The quantitative estimate of drug-likeness (QED) is 0.383. The lowest BCUT2D eigenvalue weighted by Gasteiger charge is -2.34. The Morgan fingerprint density at radius 2 is 1.35 bits per heavy atom. The lowest BCUT2D eigenvalue weighted by molar-refractivity contribution is -0.133. The minimum Gasteiger partial charge on any atom is -0.440 e. The van der Waals surface area contributed by atoms with Crippen LogP contribution in [0.2, 0.25) is 0 Å². The molecule has 5 rings (SSSR count). The zero-order chi connectivity index (χ0) is 23.2. The van der Waals surface area contributed by atoms with Gasteiger partial charge in [-0.2, -0.15) is 0 Å². The SMILES string of the molecule is O=C(CCc1nc(-c2ccccc2)c(-c2ccccc2)o1)N1CCN(Cc2ccccc2)CC1. The number of amides is 1. The molecule has 4 aromatic rings. The molecule has 0 spiro atoms. The van der Waals surface area contributed by atoms with Crippen LogP contribution < -0.4 is 0 Å². The smallest absolute Gasteiger partial charge is 0.223 e. The maximum atomic E-state index is 12.9. The highest BCUT2D eigenvalue weighted by molar-refractivity contribution is 5.78. The van der Waals surface area contributed by atoms with Crippen LogP contribution in [0, 0.1) is 0 Å². The molecule has 3 aromatic carbocycles. The van der Waals surface area contributed by atoms with Gasteiger partial charge in [-0.05, 0) is 5.56 Å². The molecule has 5 heteroatoms. The summed E-state index contributed by atoms with van der Waals surface area (Å²) < 4.78 is 6.19. The van der Waals surface area contributed by atoms with Gasteiger partial charge >= 0.3 is 0 Å². The number of piperazine rings is 1. The first-order valence-corrected chi connectivity index (χ1v) is 11.9. The van der Waals surface area contributed by atoms with Crippen molar-refractivity contribution in [1.29, 1.82) is 0 Å². The van der Waals surface area contributed by atoms with E-state index in [0.717, 1.165) is 55.3 Å². The normalized spacial score (nSPS) is 14.3. The predicted molar refractivity (Wildman–Crippen MR) is 134 cm³/mol. The van der Waals surface area contributed by atoms with Gasteiger partial charge in [0.1, 0.15) is 5.69 Å². The topological polar surface area (TPSA) is 49.6 Å². The summed E-state index contributed by atoms with van der Waals surface area (Å²) in [6.45, 7) is 4.26. The number of rotatable bonds is 7. The number of nitrogens with zero attached hydrogens (tertiary/aromatic N) is 3. The molecule has 0 aliphatic carbocycles. The van der Waals surface area contributed by atoms with E-state index in [4.69, 9.17) is 9.40 Å². The molecular weight excluding hydrogens is 422 g/mol. The molecule has 2 heterocycles. The first kappa shape index (κ1) is 22.1. The van der Waals surface area contributed by atoms with Crippen molar-refractivity contribution in [2.45, 2.75) is 19.4 Å². The fourth-order valence-electron chi connectivity index (χ4n) is 4.42. The molecule has 0 radical (unpaired) electrons. The van der Waals surface area contributed by atoms with E-state index in [1.54, 1.807) is 0 Å². The number of aromatic nitrogens is 1. The molecule has 0 atom stereocenters. The summed E-state index contributed by atoms with van der Waals surface area (Å²) in [5, 5.41) is 0. The second-order valence-corrected chi connectivity index (χ2v) is 8.66. The molecular formula is C29H29N3O2. The molecule has 1 fully saturated rings. The van der Waals surface area contributed by atoms with Gasteiger partial charge in [-0.25, -0.2) is 4.98 Å². The summed E-state index contributed by atoms with van der Waals surface area (Å²) in [6, 6.07) is 30.6. The van der Waals surface area contributed by atoms with Crippen LogP contribution in [0.3, 0.4) is 0 Å². The van der Waals surface area contributed by atoms with Gasteiger partial charge in [-0.3, -0.25) is 9.69 Å². The average molecular weight is 452 g/mol. The van der Waals surface area contributed by atoms with Gasteiger partial charge in [0.25, 0.3) is 0 Å². The minimum absolute atomic E-state index is 0.167. The first-order valence-electron chi connectivity index (χ1n) is 11.9. The van der Waals surface area contributed by atoms with E-state index in [1.165, 1.54) is 5.56 Å². The molecule has 1 aromatic heterocycles. The fraction of sp³-hybridized carbons (Fsp3) is 0.241. The monoisotopic (exact) mass is 451 g/mol. The Balaban J connectivity index is 1.21. The van der Waals surface area contributed by atoms with Crippen molar-refractivity contribution in [3.63, 3.8) is 0 Å². The molecule has 1 saturated heterocycles. The molecule has 1 aliphatic heterocycles. The number of benzene rings is 3. The molecule has 0 unspecified atom stereocenters. The van der Waals surface area contributed by atoms with Gasteiger partial charge in [0.15, 0.2) is 11.7 Å². The van der Waals surface area contributed by atoms with Crippen molar-refractivity contribution < 1.29 is 9.21 Å². The van der Waals surface area contributed by atoms with Gasteiger partial charge in [-0.15, -0.1) is 0 Å². The van der Waals surface area contributed by atoms with Gasteiger partial charge in [0.05, 0.1) is 0 Å². The third kappa shape index (κ3) is 5.26. The van der Waals surface area contributed by atoms with Crippen molar-refractivity contribution in [1.82, 2.24) is 14.8 Å². The summed E-state index contributed by atoms with van der Waals surface area (Å²) in [5.74, 6) is 1.53. The maximum Gasteiger partial charge on any atom is 0.223 e. The van der Waals surface area contributed by atoms with Crippen molar-refractivity contribution in [3.05, 3.63) is 102 Å². The average Bonchev–Trinajstić information content (AvgIpc) is 3.34. The number of carbonyl (C=O) groups excluding carboxylic acids is 1. The number of hydrogen-bond acceptors (Lipinski definition) is 4. The summed E-state index contributed by atoms with van der Waals surface area (Å²) in [7, 11) is 0. The second-order valence-electron chi connectivity index (χ2n) is 8.66. The Morgan fingerprint density at radius 3 is 2.00 bits per heavy atom. The number of carbonyl (C=O) groups is 1. The number of aryl methyl sites for hydroxylation is 1. The van der Waals surface area contributed by atoms with Crippen LogP contribution in [0.15, 0.2) is 95.4 Å². The predicted octanol–water partition coefficient (Wildman–Crippen LogP) is 5.29. The molecule has 0 saturated carbocycles. The minimum atomic E-state index is 0.167. The summed E-state index contributed by atoms with van der Waals surface area (Å²) in [4.78, 5) is 22.1. The fourth-order valence-corrected chi connectivity index (χ4v) is 4.42. The Hall–Kier alpha value is -3.70. The third-order valence-corrected chi connectivity index (χ3v) is 6.28. The van der Waals surface area contributed by atoms with E-state index < -0.39 is 0 Å². The zero-order valence-corrected chi connectivity index (χ0v) is 19.3. The van der Waals surface area contributed by atoms with E-state index >= 15 is 0 Å². The third-order valence-electron chi connectivity index (χ3n) is 6.28. The summed E-state index contributed by atoms with van der Waals surface area (Å²) >= 11 is 0. The maximum absolute atomic E-state index is 12.9. The van der Waals surface area contributed by atoms with Crippen LogP contribution in [-0.2, 0) is 17.8 Å². The number of oxazole rings is 1. The van der Waals surface area contributed by atoms with E-state index in [2.05, 4.69) is 29.2 Å². The van der Waals surface area contributed by atoms with E-state index in [-0.39, 0.29) is 5.91 Å². The second kappa shape index (κ2) is 10.5. The zero-order valence-electron chi connectivity index (χ0n) is 19.3. The molecule has 5 nitrogen and oxygen atoms in total. The van der Waals surface area contributed by atoms with Crippen molar-refractivity contribution in [2.75, 3.05) is 26.2 Å². The van der Waals surface area contributed by atoms with Gasteiger partial charge in [-0.1, -0.05) is 91.0 Å². The highest BCUT2D eigenvalue weighted by Gasteiger charge is 2.22. The molecule has 0 N–H and O–H groups in total. The molecule has 0 bridgehead atoms. The Bertz CT molecular complexity index is 1140. The Kier molecular flexibility index (Phi) is 6.82. The molecule has 172 valence electrons. The van der Waals surface area contributed by atoms with Gasteiger partial charge in [0, 0.05) is 56.7 Å². The molecule has 34 heavy (non-hydrogen) atoms. The standard InChI is InChI=1S/C29H29N3O2/c33-27(32-20-18-31(19-21-32)22-23-10-4-1-5-11-23)17-16-26-30-28(24-12-6-2-7-13-24)29(34-26)25-14-8-3-9-15-25/h1-15H,16-22H2. The largest absolute Gasteiger partial charge is 0.440 e. The van der Waals surface area contributed by atoms with Gasteiger partial charge < -0.3 is 9.32 Å². The van der Waals surface area contributed by atoms with Crippen LogP contribution in [0.4, 0.5) is 0 Å². The first-order chi connectivity index (χ1) is 16.8. The van der Waals surface area contributed by atoms with Gasteiger partial charge in [0.2, 0.25) is 5.91 Å². The van der Waals surface area contributed by atoms with Crippen LogP contribution in [0.1, 0.15) is 17.9 Å². The number of hydrogen-bond donors (Lipinski definition) is 0. The Morgan fingerprint density at radius 1 is 0.765 bits per heavy atom. The highest BCUT2D eigenvalue weighted by Crippen LogP contribution is 2.32. The Labute approximate surface area is 200 Å². The van der Waals surface area contributed by atoms with E-state index in [1.807, 2.05) is 71.6 Å². The summed E-state index contributed by atoms with van der Waals surface area (Å²) in [6.07, 6.45) is 0.900. The van der Waals surface area contributed by atoms with Crippen LogP contribution >= 0.6 is 0 Å². The van der Waals surface area contributed by atoms with Crippen LogP contribution in [0.25, 0.3) is 22.6 Å². The van der Waals surface area contributed by atoms with Crippen molar-refractivity contribution in [2.24, 2.45) is 0 Å². The molecule has 1 aliphatic rings. The molecule has 1 amide bonds. The summed E-state index contributed by atoms with van der Waals surface area (Å²) in [5.41, 5.74) is 4.14. The van der Waals surface area contributed by atoms with Crippen LogP contribution in [0.5, 0.6) is 0 Å². The van der Waals surface area contributed by atoms with Crippen molar-refractivity contribution >= 4 is 5.91 Å². The van der Waals surface area contributed by atoms with E-state index in [0.29, 0.717) is 18.7 Å². The lowest BCUT2D eigenvalue weighted by atomic mass is 10.1. The lowest BCUT2D eigenvalue weighted by Crippen LogP contribution is -2.48. The highest BCUT2D eigenvalue weighted by atomic mass is 16.4.